The Kier molecular flexibility index (Phi) is 4.57. The smallest absolute Gasteiger partial charge is 0.323 e. The van der Waals surface area contributed by atoms with Crippen molar-refractivity contribution < 1.29 is 19.1 Å². The third-order valence-electron chi connectivity index (χ3n) is 4.02. The Morgan fingerprint density at radius 1 is 1.25 bits per heavy atom. The van der Waals surface area contributed by atoms with E-state index in [9.17, 15) is 9.59 Å². The van der Waals surface area contributed by atoms with Gasteiger partial charge < -0.3 is 14.4 Å². The zero-order chi connectivity index (χ0) is 17.3. The van der Waals surface area contributed by atoms with Crippen LogP contribution in [0.1, 0.15) is 24.6 Å². The minimum Gasteiger partial charge on any atom is -0.497 e. The van der Waals surface area contributed by atoms with Gasteiger partial charge in [-0.2, -0.15) is 0 Å². The van der Waals surface area contributed by atoms with Crippen LogP contribution in [0.5, 0.6) is 5.75 Å². The number of methoxy groups -OCH3 is 1. The van der Waals surface area contributed by atoms with Gasteiger partial charge in [0, 0.05) is 11.4 Å². The molecule has 126 valence electrons. The summed E-state index contributed by atoms with van der Waals surface area (Å²) < 4.78 is 10.3. The molecule has 0 saturated carbocycles. The number of carbonyl (C=O) groups is 2. The van der Waals surface area contributed by atoms with Crippen LogP contribution in [0.4, 0.5) is 5.69 Å². The maximum atomic E-state index is 12.5. The van der Waals surface area contributed by atoms with Gasteiger partial charge in [0.25, 0.3) is 0 Å². The van der Waals surface area contributed by atoms with Gasteiger partial charge in [0.2, 0.25) is 5.91 Å². The summed E-state index contributed by atoms with van der Waals surface area (Å²) in [6.07, 6.45) is 0. The van der Waals surface area contributed by atoms with Crippen molar-refractivity contribution >= 4 is 28.9 Å². The number of rotatable bonds is 5. The molecule has 0 fully saturated rings. The summed E-state index contributed by atoms with van der Waals surface area (Å²) in [5, 5.41) is 0. The number of benzene rings is 1. The second-order valence-corrected chi connectivity index (χ2v) is 6.44. The van der Waals surface area contributed by atoms with Crippen LogP contribution >= 0.6 is 11.3 Å². The molecule has 0 aliphatic carbocycles. The number of fused-ring (bicyclic) bond motifs is 1. The van der Waals surface area contributed by atoms with E-state index in [0.717, 1.165) is 26.8 Å². The summed E-state index contributed by atoms with van der Waals surface area (Å²) in [5.74, 6) is -0.712. The zero-order valence-electron chi connectivity index (χ0n) is 13.9. The number of anilines is 1. The lowest BCUT2D eigenvalue weighted by atomic mass is 10.1. The Balaban J connectivity index is 2.00. The van der Waals surface area contributed by atoms with Gasteiger partial charge in [0.05, 0.1) is 24.3 Å². The minimum atomic E-state index is -0.836. The van der Waals surface area contributed by atoms with Crippen LogP contribution in [-0.2, 0) is 14.3 Å². The van der Waals surface area contributed by atoms with E-state index in [4.69, 9.17) is 9.47 Å². The number of ether oxygens (including phenoxy) is 2. The van der Waals surface area contributed by atoms with E-state index in [1.165, 1.54) is 11.3 Å². The average Bonchev–Trinajstić information content (AvgIpc) is 3.11. The van der Waals surface area contributed by atoms with E-state index in [0.29, 0.717) is 6.54 Å². The molecule has 3 rings (SSSR count). The number of likely N-dealkylation sites (N-methyl/N-ethyl adjacent to an activating group) is 1. The second-order valence-electron chi connectivity index (χ2n) is 5.36. The van der Waals surface area contributed by atoms with Gasteiger partial charge in [0.1, 0.15) is 5.75 Å². The van der Waals surface area contributed by atoms with E-state index in [2.05, 4.69) is 0 Å². The molecule has 1 atom stereocenters. The van der Waals surface area contributed by atoms with Gasteiger partial charge in [-0.25, -0.2) is 0 Å². The first-order chi connectivity index (χ1) is 11.6. The third kappa shape index (κ3) is 2.67. The molecule has 0 radical (unpaired) electrons. The van der Waals surface area contributed by atoms with Crippen molar-refractivity contribution in [3.8, 4) is 16.2 Å². The first kappa shape index (κ1) is 16.5. The molecule has 0 spiro atoms. The average molecular weight is 345 g/mol. The van der Waals surface area contributed by atoms with Crippen molar-refractivity contribution in [1.29, 1.82) is 0 Å². The quantitative estimate of drug-likeness (QED) is 0.615. The van der Waals surface area contributed by atoms with E-state index >= 15 is 0 Å². The molecule has 5 nitrogen and oxygen atoms in total. The number of esters is 1. The minimum absolute atomic E-state index is 0.196. The van der Waals surface area contributed by atoms with Crippen LogP contribution < -0.4 is 9.64 Å². The summed E-state index contributed by atoms with van der Waals surface area (Å²) >= 11 is 1.47. The number of hydrogen-bond acceptors (Lipinski definition) is 5. The van der Waals surface area contributed by atoms with E-state index in [1.54, 1.807) is 18.9 Å². The van der Waals surface area contributed by atoms with Crippen molar-refractivity contribution in [3.63, 3.8) is 0 Å². The highest BCUT2D eigenvalue weighted by Gasteiger charge is 2.44. The molecule has 0 bridgehead atoms. The topological polar surface area (TPSA) is 55.8 Å². The lowest BCUT2D eigenvalue weighted by Gasteiger charge is -2.15. The van der Waals surface area contributed by atoms with Crippen molar-refractivity contribution in [1.82, 2.24) is 0 Å². The van der Waals surface area contributed by atoms with Crippen molar-refractivity contribution in [3.05, 3.63) is 35.2 Å². The molecule has 1 unspecified atom stereocenters. The summed E-state index contributed by atoms with van der Waals surface area (Å²) in [5.41, 5.74) is 1.85. The standard InChI is InChI=1S/C18H19NO4S/c1-4-19-13-10-14(11-6-8-12(22-3)9-7-11)24-16(13)15(17(19)20)18(21)23-5-2/h6-10,15H,4-5H2,1-3H3. The van der Waals surface area contributed by atoms with Crippen LogP contribution in [0.2, 0.25) is 0 Å². The molecule has 1 aliphatic heterocycles. The van der Waals surface area contributed by atoms with E-state index in [-0.39, 0.29) is 12.5 Å². The second kappa shape index (κ2) is 6.65. The summed E-state index contributed by atoms with van der Waals surface area (Å²) in [4.78, 5) is 28.2. The SMILES string of the molecule is CCOC(=O)C1C(=O)N(CC)c2cc(-c3ccc(OC)cc3)sc21. The van der Waals surface area contributed by atoms with Crippen molar-refractivity contribution in [2.45, 2.75) is 19.8 Å². The normalized spacial score (nSPS) is 16.2. The first-order valence-electron chi connectivity index (χ1n) is 7.86. The maximum absolute atomic E-state index is 12.5. The molecular weight excluding hydrogens is 326 g/mol. The van der Waals surface area contributed by atoms with Gasteiger partial charge in [-0.1, -0.05) is 0 Å². The Hall–Kier alpha value is -2.34. The van der Waals surface area contributed by atoms with Crippen LogP contribution in [0.3, 0.4) is 0 Å². The largest absolute Gasteiger partial charge is 0.497 e. The summed E-state index contributed by atoms with van der Waals surface area (Å²) in [6, 6.07) is 9.70. The highest BCUT2D eigenvalue weighted by atomic mass is 32.1. The van der Waals surface area contributed by atoms with Crippen molar-refractivity contribution in [2.75, 3.05) is 25.2 Å². The van der Waals surface area contributed by atoms with Gasteiger partial charge >= 0.3 is 5.97 Å². The lowest BCUT2D eigenvalue weighted by Crippen LogP contribution is -2.32. The van der Waals surface area contributed by atoms with Gasteiger partial charge in [0.15, 0.2) is 5.92 Å². The Morgan fingerprint density at radius 3 is 2.54 bits per heavy atom. The number of amides is 1. The van der Waals surface area contributed by atoms with Crippen LogP contribution in [0, 0.1) is 0 Å². The Bertz CT molecular complexity index is 766. The number of carbonyl (C=O) groups excluding carboxylic acids is 2. The zero-order valence-corrected chi connectivity index (χ0v) is 14.7. The van der Waals surface area contributed by atoms with Crippen LogP contribution in [0.15, 0.2) is 30.3 Å². The Morgan fingerprint density at radius 2 is 1.96 bits per heavy atom. The fourth-order valence-corrected chi connectivity index (χ4v) is 4.11. The fourth-order valence-electron chi connectivity index (χ4n) is 2.86. The number of thiophene rings is 1. The van der Waals surface area contributed by atoms with Crippen molar-refractivity contribution in [2.24, 2.45) is 0 Å². The highest BCUT2D eigenvalue weighted by Crippen LogP contribution is 2.47. The number of hydrogen-bond donors (Lipinski definition) is 0. The molecule has 2 aromatic rings. The summed E-state index contributed by atoms with van der Waals surface area (Å²) in [6.45, 7) is 4.44. The molecule has 6 heteroatoms. The summed E-state index contributed by atoms with van der Waals surface area (Å²) in [7, 11) is 1.63. The molecular formula is C18H19NO4S. The number of nitrogens with zero attached hydrogens (tertiary/aromatic N) is 1. The highest BCUT2D eigenvalue weighted by molar-refractivity contribution is 7.16. The molecule has 1 aromatic carbocycles. The van der Waals surface area contributed by atoms with E-state index < -0.39 is 11.9 Å². The molecule has 0 saturated heterocycles. The Labute approximate surface area is 144 Å². The predicted octanol–water partition coefficient (Wildman–Crippen LogP) is 3.44. The van der Waals surface area contributed by atoms with Gasteiger partial charge in [-0.05, 0) is 49.7 Å². The maximum Gasteiger partial charge on any atom is 0.323 e. The fraction of sp³-hybridized carbons (Fsp3) is 0.333. The van der Waals surface area contributed by atoms with Gasteiger partial charge in [-0.15, -0.1) is 11.3 Å². The van der Waals surface area contributed by atoms with Gasteiger partial charge in [-0.3, -0.25) is 9.59 Å². The molecule has 2 heterocycles. The molecule has 1 aliphatic rings. The first-order valence-corrected chi connectivity index (χ1v) is 8.68. The molecule has 1 amide bonds. The molecule has 1 aromatic heterocycles. The predicted molar refractivity (Wildman–Crippen MR) is 93.7 cm³/mol. The van der Waals surface area contributed by atoms with E-state index in [1.807, 2.05) is 37.3 Å². The van der Waals surface area contributed by atoms with Crippen LogP contribution in [0.25, 0.3) is 10.4 Å². The molecule has 0 N–H and O–H groups in total. The van der Waals surface area contributed by atoms with Crippen LogP contribution in [-0.4, -0.2) is 32.1 Å². The lowest BCUT2D eigenvalue weighted by molar-refractivity contribution is -0.147. The monoisotopic (exact) mass is 345 g/mol. The third-order valence-corrected chi connectivity index (χ3v) is 5.26. The molecule has 24 heavy (non-hydrogen) atoms.